The first kappa shape index (κ1) is 14.0. The van der Waals surface area contributed by atoms with Crippen LogP contribution in [0, 0.1) is 0 Å². The molecule has 3 nitrogen and oxygen atoms in total. The van der Waals surface area contributed by atoms with Crippen molar-refractivity contribution in [3.8, 4) is 0 Å². The van der Waals surface area contributed by atoms with Crippen LogP contribution < -0.4 is 0 Å². The zero-order valence-electron chi connectivity index (χ0n) is 10.5. The van der Waals surface area contributed by atoms with Gasteiger partial charge in [0.15, 0.2) is 5.12 Å². The first-order chi connectivity index (χ1) is 9.15. The molecule has 5 heteroatoms. The molecule has 1 heterocycles. The van der Waals surface area contributed by atoms with Gasteiger partial charge in [-0.3, -0.25) is 9.78 Å². The number of halogens is 1. The second kappa shape index (κ2) is 6.68. The van der Waals surface area contributed by atoms with Gasteiger partial charge in [-0.2, -0.15) is 0 Å². The molecule has 19 heavy (non-hydrogen) atoms. The fourth-order valence-corrected chi connectivity index (χ4v) is 2.28. The van der Waals surface area contributed by atoms with E-state index in [4.69, 9.17) is 11.6 Å². The average Bonchev–Trinajstić information content (AvgIpc) is 2.37. The Labute approximate surface area is 121 Å². The molecule has 0 radical (unpaired) electrons. The number of benzene rings is 1. The molecule has 0 saturated heterocycles. The number of rotatable bonds is 4. The Morgan fingerprint density at radius 2 is 2.26 bits per heavy atom. The minimum atomic E-state index is 0.157. The average molecular weight is 293 g/mol. The van der Waals surface area contributed by atoms with E-state index in [0.717, 1.165) is 28.8 Å². The van der Waals surface area contributed by atoms with E-state index >= 15 is 0 Å². The van der Waals surface area contributed by atoms with E-state index in [1.165, 1.54) is 11.8 Å². The number of fused-ring (bicyclic) bond motifs is 1. The summed E-state index contributed by atoms with van der Waals surface area (Å²) in [4.78, 5) is 19.2. The van der Waals surface area contributed by atoms with Crippen LogP contribution >= 0.6 is 23.4 Å². The van der Waals surface area contributed by atoms with E-state index in [1.807, 2.05) is 24.3 Å². The van der Waals surface area contributed by atoms with E-state index in [1.54, 1.807) is 13.1 Å². The van der Waals surface area contributed by atoms with Crippen LogP contribution in [0.15, 0.2) is 30.5 Å². The van der Waals surface area contributed by atoms with Gasteiger partial charge in [0.25, 0.3) is 0 Å². The summed E-state index contributed by atoms with van der Waals surface area (Å²) < 4.78 is 0. The van der Waals surface area contributed by atoms with Crippen molar-refractivity contribution in [1.82, 2.24) is 9.97 Å². The van der Waals surface area contributed by atoms with Crippen LogP contribution in [0.2, 0.25) is 5.15 Å². The zero-order valence-corrected chi connectivity index (χ0v) is 12.0. The van der Waals surface area contributed by atoms with Crippen LogP contribution in [0.25, 0.3) is 17.1 Å². The molecule has 0 N–H and O–H groups in total. The largest absolute Gasteiger partial charge is 0.288 e. The third-order valence-corrected chi connectivity index (χ3v) is 3.47. The highest BCUT2D eigenvalue weighted by Crippen LogP contribution is 2.15. The molecular formula is C14H13ClN2OS. The van der Waals surface area contributed by atoms with Crippen LogP contribution in [0.3, 0.4) is 0 Å². The molecule has 0 aliphatic heterocycles. The lowest BCUT2D eigenvalue weighted by atomic mass is 10.1. The maximum absolute atomic E-state index is 10.8. The Morgan fingerprint density at radius 1 is 1.42 bits per heavy atom. The van der Waals surface area contributed by atoms with Crippen molar-refractivity contribution in [1.29, 1.82) is 0 Å². The number of thioether (sulfide) groups is 1. The first-order valence-electron chi connectivity index (χ1n) is 5.87. The van der Waals surface area contributed by atoms with Crippen molar-refractivity contribution in [2.24, 2.45) is 0 Å². The maximum atomic E-state index is 10.8. The van der Waals surface area contributed by atoms with E-state index in [-0.39, 0.29) is 5.12 Å². The molecule has 0 spiro atoms. The minimum Gasteiger partial charge on any atom is -0.288 e. The summed E-state index contributed by atoms with van der Waals surface area (Å²) in [7, 11) is 0. The zero-order chi connectivity index (χ0) is 13.7. The van der Waals surface area contributed by atoms with Gasteiger partial charge in [-0.25, -0.2) is 4.98 Å². The van der Waals surface area contributed by atoms with Crippen LogP contribution in [0.5, 0.6) is 0 Å². The normalized spacial score (nSPS) is 11.3. The quantitative estimate of drug-likeness (QED) is 0.800. The molecule has 0 amide bonds. The fraction of sp³-hybridized carbons (Fsp3) is 0.214. The SMILES string of the molecule is CC(=O)SCCC=Cc1ccc2ncc(Cl)nc2c1. The van der Waals surface area contributed by atoms with Gasteiger partial charge in [-0.1, -0.05) is 41.6 Å². The molecule has 0 bridgehead atoms. The summed E-state index contributed by atoms with van der Waals surface area (Å²) >= 11 is 7.16. The third kappa shape index (κ3) is 4.33. The molecule has 2 rings (SSSR count). The van der Waals surface area contributed by atoms with E-state index in [2.05, 4.69) is 16.0 Å². The van der Waals surface area contributed by atoms with Gasteiger partial charge >= 0.3 is 0 Å². The molecule has 1 aromatic heterocycles. The summed E-state index contributed by atoms with van der Waals surface area (Å²) in [6.07, 6.45) is 6.47. The predicted octanol–water partition coefficient (Wildman–Crippen LogP) is 3.97. The van der Waals surface area contributed by atoms with Gasteiger partial charge in [-0.05, 0) is 24.1 Å². The number of carbonyl (C=O) groups excluding carboxylic acids is 1. The topological polar surface area (TPSA) is 42.9 Å². The Morgan fingerprint density at radius 3 is 3.05 bits per heavy atom. The van der Waals surface area contributed by atoms with E-state index < -0.39 is 0 Å². The van der Waals surface area contributed by atoms with Crippen molar-refractivity contribution in [3.05, 3.63) is 41.2 Å². The molecule has 0 aliphatic rings. The van der Waals surface area contributed by atoms with Crippen molar-refractivity contribution in [2.45, 2.75) is 13.3 Å². The van der Waals surface area contributed by atoms with Crippen molar-refractivity contribution < 1.29 is 4.79 Å². The lowest BCUT2D eigenvalue weighted by Crippen LogP contribution is -1.85. The van der Waals surface area contributed by atoms with E-state index in [9.17, 15) is 4.79 Å². The highest BCUT2D eigenvalue weighted by Gasteiger charge is 1.98. The summed E-state index contributed by atoms with van der Waals surface area (Å²) in [6, 6.07) is 5.85. The molecule has 0 fully saturated rings. The second-order valence-electron chi connectivity index (χ2n) is 3.97. The highest BCUT2D eigenvalue weighted by molar-refractivity contribution is 8.13. The molecule has 0 aliphatic carbocycles. The minimum absolute atomic E-state index is 0.157. The number of nitrogens with zero attached hydrogens (tertiary/aromatic N) is 2. The van der Waals surface area contributed by atoms with Crippen LogP contribution in [-0.2, 0) is 4.79 Å². The Balaban J connectivity index is 2.04. The number of allylic oxidation sites excluding steroid dienone is 1. The predicted molar refractivity (Wildman–Crippen MR) is 81.3 cm³/mol. The summed E-state index contributed by atoms with van der Waals surface area (Å²) in [5.41, 5.74) is 2.67. The van der Waals surface area contributed by atoms with Gasteiger partial charge in [0.05, 0.1) is 17.2 Å². The van der Waals surface area contributed by atoms with Crippen molar-refractivity contribution >= 4 is 45.6 Å². The molecule has 0 atom stereocenters. The highest BCUT2D eigenvalue weighted by atomic mass is 35.5. The van der Waals surface area contributed by atoms with Crippen molar-refractivity contribution in [2.75, 3.05) is 5.75 Å². The maximum Gasteiger partial charge on any atom is 0.185 e. The number of hydrogen-bond donors (Lipinski definition) is 0. The van der Waals surface area contributed by atoms with Gasteiger partial charge in [0, 0.05) is 12.7 Å². The molecule has 98 valence electrons. The Bertz CT molecular complexity index is 628. The smallest absolute Gasteiger partial charge is 0.185 e. The van der Waals surface area contributed by atoms with Crippen LogP contribution in [0.4, 0.5) is 0 Å². The number of aromatic nitrogens is 2. The third-order valence-electron chi connectivity index (χ3n) is 2.44. The summed E-state index contributed by atoms with van der Waals surface area (Å²) in [6.45, 7) is 1.58. The van der Waals surface area contributed by atoms with Gasteiger partial charge < -0.3 is 0 Å². The van der Waals surface area contributed by atoms with Gasteiger partial charge in [0.1, 0.15) is 5.15 Å². The second-order valence-corrected chi connectivity index (χ2v) is 5.63. The Kier molecular flexibility index (Phi) is 4.93. The van der Waals surface area contributed by atoms with Crippen LogP contribution in [-0.4, -0.2) is 20.8 Å². The van der Waals surface area contributed by atoms with Gasteiger partial charge in [-0.15, -0.1) is 0 Å². The first-order valence-corrected chi connectivity index (χ1v) is 7.24. The molecule has 1 aromatic carbocycles. The number of hydrogen-bond acceptors (Lipinski definition) is 4. The standard InChI is InChI=1S/C14H13ClN2OS/c1-10(18)19-7-3-2-4-11-5-6-12-13(8-11)17-14(15)9-16-12/h2,4-6,8-9H,3,7H2,1H3. The fourth-order valence-electron chi connectivity index (χ4n) is 1.60. The lowest BCUT2D eigenvalue weighted by molar-refractivity contribution is -0.109. The molecule has 2 aromatic rings. The Hall–Kier alpha value is -1.39. The summed E-state index contributed by atoms with van der Waals surface area (Å²) in [5, 5.41) is 0.551. The summed E-state index contributed by atoms with van der Waals surface area (Å²) in [5.74, 6) is 0.811. The molecular weight excluding hydrogens is 280 g/mol. The van der Waals surface area contributed by atoms with Gasteiger partial charge in [0.2, 0.25) is 0 Å². The van der Waals surface area contributed by atoms with E-state index in [0.29, 0.717) is 5.15 Å². The van der Waals surface area contributed by atoms with Crippen molar-refractivity contribution in [3.63, 3.8) is 0 Å². The lowest BCUT2D eigenvalue weighted by Gasteiger charge is -1.99. The van der Waals surface area contributed by atoms with Crippen LogP contribution in [0.1, 0.15) is 18.9 Å². The molecule has 0 saturated carbocycles. The number of carbonyl (C=O) groups is 1. The monoisotopic (exact) mass is 292 g/mol. The molecule has 0 unspecified atom stereocenters.